The Morgan fingerprint density at radius 3 is 2.55 bits per heavy atom. The maximum Gasteiger partial charge on any atom is 0.251 e. The Balaban J connectivity index is 2.37. The molecule has 20 heavy (non-hydrogen) atoms. The molecule has 0 radical (unpaired) electrons. The molecule has 0 spiro atoms. The minimum absolute atomic E-state index is 0.0902. The number of carbonyl (C=O) groups excluding carboxylic acids is 1. The van der Waals surface area contributed by atoms with Gasteiger partial charge in [0, 0.05) is 19.2 Å². The van der Waals surface area contributed by atoms with Gasteiger partial charge in [-0.3, -0.25) is 4.79 Å². The molecule has 0 aliphatic heterocycles. The van der Waals surface area contributed by atoms with Crippen molar-refractivity contribution in [3.05, 3.63) is 23.8 Å². The molecule has 112 valence electrons. The topological polar surface area (TPSA) is 67.2 Å². The Hall–Kier alpha value is -1.71. The summed E-state index contributed by atoms with van der Waals surface area (Å²) in [5, 5.41) is 5.93. The van der Waals surface area contributed by atoms with Gasteiger partial charge in [-0.1, -0.05) is 39.0 Å². The Kier molecular flexibility index (Phi) is 7.55. The summed E-state index contributed by atoms with van der Waals surface area (Å²) in [6.07, 6.45) is 7.60. The fraction of sp³-hybridized carbons (Fsp3) is 0.562. The van der Waals surface area contributed by atoms with E-state index in [2.05, 4.69) is 17.6 Å². The second kappa shape index (κ2) is 9.23. The lowest BCUT2D eigenvalue weighted by Crippen LogP contribution is -2.18. The van der Waals surface area contributed by atoms with Gasteiger partial charge in [-0.2, -0.15) is 0 Å². The smallest absolute Gasteiger partial charge is 0.251 e. The van der Waals surface area contributed by atoms with Crippen molar-refractivity contribution in [3.63, 3.8) is 0 Å². The molecule has 0 fully saturated rings. The first-order chi connectivity index (χ1) is 9.69. The van der Waals surface area contributed by atoms with Crippen molar-refractivity contribution in [2.45, 2.75) is 45.4 Å². The molecule has 0 aromatic heterocycles. The van der Waals surface area contributed by atoms with Crippen molar-refractivity contribution in [3.8, 4) is 0 Å². The van der Waals surface area contributed by atoms with Crippen LogP contribution in [0, 0.1) is 0 Å². The van der Waals surface area contributed by atoms with Crippen molar-refractivity contribution in [2.24, 2.45) is 0 Å². The van der Waals surface area contributed by atoms with Gasteiger partial charge in [0.25, 0.3) is 5.91 Å². The highest BCUT2D eigenvalue weighted by molar-refractivity contribution is 5.96. The number of rotatable bonds is 9. The lowest BCUT2D eigenvalue weighted by Gasteiger charge is -2.11. The van der Waals surface area contributed by atoms with Crippen molar-refractivity contribution >= 4 is 17.3 Å². The molecule has 0 saturated carbocycles. The molecule has 0 unspecified atom stereocenters. The normalized spacial score (nSPS) is 10.3. The molecule has 0 aliphatic rings. The fourth-order valence-electron chi connectivity index (χ4n) is 2.12. The number of anilines is 2. The van der Waals surface area contributed by atoms with E-state index in [1.54, 1.807) is 19.2 Å². The summed E-state index contributed by atoms with van der Waals surface area (Å²) in [6.45, 7) is 3.12. The summed E-state index contributed by atoms with van der Waals surface area (Å²) in [5.41, 5.74) is 8.08. The van der Waals surface area contributed by atoms with Crippen LogP contribution in [-0.2, 0) is 0 Å². The van der Waals surface area contributed by atoms with E-state index in [1.165, 1.54) is 32.1 Å². The predicted molar refractivity (Wildman–Crippen MR) is 86.1 cm³/mol. The van der Waals surface area contributed by atoms with Crippen LogP contribution in [-0.4, -0.2) is 19.5 Å². The van der Waals surface area contributed by atoms with E-state index in [-0.39, 0.29) is 5.91 Å². The second-order valence-electron chi connectivity index (χ2n) is 5.08. The van der Waals surface area contributed by atoms with Crippen LogP contribution in [0.5, 0.6) is 0 Å². The first kappa shape index (κ1) is 16.3. The van der Waals surface area contributed by atoms with E-state index in [0.29, 0.717) is 11.3 Å². The molecular weight excluding hydrogens is 250 g/mol. The molecular formula is C16H27N3O. The Labute approximate surface area is 122 Å². The summed E-state index contributed by atoms with van der Waals surface area (Å²) in [7, 11) is 1.63. The van der Waals surface area contributed by atoms with Gasteiger partial charge >= 0.3 is 0 Å². The van der Waals surface area contributed by atoms with E-state index in [0.717, 1.165) is 18.7 Å². The molecule has 1 aromatic rings. The minimum Gasteiger partial charge on any atom is -0.397 e. The van der Waals surface area contributed by atoms with Gasteiger partial charge in [0.2, 0.25) is 0 Å². The number of carbonyl (C=O) groups is 1. The van der Waals surface area contributed by atoms with Gasteiger partial charge in [-0.15, -0.1) is 0 Å². The summed E-state index contributed by atoms with van der Waals surface area (Å²) in [4.78, 5) is 11.6. The summed E-state index contributed by atoms with van der Waals surface area (Å²) in [5.74, 6) is -0.0902. The average Bonchev–Trinajstić information content (AvgIpc) is 2.47. The fourth-order valence-corrected chi connectivity index (χ4v) is 2.12. The molecule has 0 heterocycles. The molecule has 1 amide bonds. The van der Waals surface area contributed by atoms with Crippen molar-refractivity contribution < 1.29 is 4.79 Å². The number of nitrogen functional groups attached to an aromatic ring is 1. The largest absolute Gasteiger partial charge is 0.397 e. The molecule has 1 rings (SSSR count). The van der Waals surface area contributed by atoms with Gasteiger partial charge in [0.15, 0.2) is 0 Å². The number of benzene rings is 1. The third-order valence-corrected chi connectivity index (χ3v) is 3.39. The van der Waals surface area contributed by atoms with Crippen molar-refractivity contribution in [1.29, 1.82) is 0 Å². The first-order valence-electron chi connectivity index (χ1n) is 7.54. The second-order valence-corrected chi connectivity index (χ2v) is 5.08. The van der Waals surface area contributed by atoms with Crippen LogP contribution < -0.4 is 16.4 Å². The number of nitrogens with two attached hydrogens (primary N) is 1. The van der Waals surface area contributed by atoms with E-state index >= 15 is 0 Å². The van der Waals surface area contributed by atoms with Crippen LogP contribution in [0.3, 0.4) is 0 Å². The molecule has 0 bridgehead atoms. The Morgan fingerprint density at radius 1 is 1.15 bits per heavy atom. The monoisotopic (exact) mass is 277 g/mol. The maximum absolute atomic E-state index is 11.6. The number of hydrogen-bond donors (Lipinski definition) is 3. The number of hydrogen-bond acceptors (Lipinski definition) is 3. The number of nitrogens with one attached hydrogen (secondary N) is 2. The Morgan fingerprint density at radius 2 is 1.85 bits per heavy atom. The predicted octanol–water partition coefficient (Wildman–Crippen LogP) is 3.40. The van der Waals surface area contributed by atoms with E-state index < -0.39 is 0 Å². The van der Waals surface area contributed by atoms with Crippen LogP contribution in [0.2, 0.25) is 0 Å². The molecule has 4 nitrogen and oxygen atoms in total. The SMILES string of the molecule is CCCCCCCCNc1cc(C(=O)NC)ccc1N. The molecule has 0 aliphatic carbocycles. The zero-order valence-corrected chi connectivity index (χ0v) is 12.7. The highest BCUT2D eigenvalue weighted by atomic mass is 16.1. The molecule has 4 N–H and O–H groups in total. The van der Waals surface area contributed by atoms with Crippen LogP contribution in [0.15, 0.2) is 18.2 Å². The number of unbranched alkanes of at least 4 members (excludes halogenated alkanes) is 5. The summed E-state index contributed by atoms with van der Waals surface area (Å²) < 4.78 is 0. The summed E-state index contributed by atoms with van der Waals surface area (Å²) >= 11 is 0. The highest BCUT2D eigenvalue weighted by Gasteiger charge is 2.06. The standard InChI is InChI=1S/C16H27N3O/c1-3-4-5-6-7-8-11-19-15-12-13(16(20)18-2)9-10-14(15)17/h9-10,12,19H,3-8,11,17H2,1-2H3,(H,18,20). The Bertz CT molecular complexity index is 418. The molecule has 0 atom stereocenters. The quantitative estimate of drug-likeness (QED) is 0.478. The minimum atomic E-state index is -0.0902. The van der Waals surface area contributed by atoms with Gasteiger partial charge in [-0.25, -0.2) is 0 Å². The first-order valence-corrected chi connectivity index (χ1v) is 7.54. The van der Waals surface area contributed by atoms with Crippen molar-refractivity contribution in [1.82, 2.24) is 5.32 Å². The van der Waals surface area contributed by atoms with Crippen LogP contribution in [0.1, 0.15) is 55.8 Å². The van der Waals surface area contributed by atoms with Crippen LogP contribution in [0.4, 0.5) is 11.4 Å². The zero-order chi connectivity index (χ0) is 14.8. The van der Waals surface area contributed by atoms with Crippen molar-refractivity contribution in [2.75, 3.05) is 24.6 Å². The summed E-state index contributed by atoms with van der Waals surface area (Å²) in [6, 6.07) is 5.32. The van der Waals surface area contributed by atoms with E-state index in [4.69, 9.17) is 5.73 Å². The molecule has 4 heteroatoms. The lowest BCUT2D eigenvalue weighted by molar-refractivity contribution is 0.0963. The van der Waals surface area contributed by atoms with E-state index in [1.807, 2.05) is 6.07 Å². The van der Waals surface area contributed by atoms with Gasteiger partial charge in [-0.05, 0) is 24.6 Å². The van der Waals surface area contributed by atoms with Gasteiger partial charge in [0.1, 0.15) is 0 Å². The zero-order valence-electron chi connectivity index (χ0n) is 12.7. The third kappa shape index (κ3) is 5.51. The molecule has 0 saturated heterocycles. The number of amides is 1. The maximum atomic E-state index is 11.6. The highest BCUT2D eigenvalue weighted by Crippen LogP contribution is 2.20. The van der Waals surface area contributed by atoms with Crippen LogP contribution in [0.25, 0.3) is 0 Å². The van der Waals surface area contributed by atoms with Crippen LogP contribution >= 0.6 is 0 Å². The van der Waals surface area contributed by atoms with Gasteiger partial charge < -0.3 is 16.4 Å². The average molecular weight is 277 g/mol. The van der Waals surface area contributed by atoms with E-state index in [9.17, 15) is 4.79 Å². The van der Waals surface area contributed by atoms with Gasteiger partial charge in [0.05, 0.1) is 11.4 Å². The third-order valence-electron chi connectivity index (χ3n) is 3.39. The molecule has 1 aromatic carbocycles. The lowest BCUT2D eigenvalue weighted by atomic mass is 10.1.